The standard InChI is InChI=1S/C16H20N4O2S/c1-8-7-9(2)19-15-11(8)12(17)13(23-15)16(22)20-5-3-10(4-6-20)14(18)21/h7,10H,3-6,17H2,1-2H3,(H2,18,21). The Morgan fingerprint density at radius 3 is 2.57 bits per heavy atom. The summed E-state index contributed by atoms with van der Waals surface area (Å²) in [6.45, 7) is 4.97. The van der Waals surface area contributed by atoms with Crippen molar-refractivity contribution in [2.75, 3.05) is 18.8 Å². The SMILES string of the molecule is Cc1cc(C)c2c(N)c(C(=O)N3CCC(C(N)=O)CC3)sc2n1. The summed E-state index contributed by atoms with van der Waals surface area (Å²) < 4.78 is 0. The summed E-state index contributed by atoms with van der Waals surface area (Å²) in [6, 6.07) is 1.97. The van der Waals surface area contributed by atoms with Crippen molar-refractivity contribution in [1.82, 2.24) is 9.88 Å². The van der Waals surface area contributed by atoms with Crippen LogP contribution in [0.1, 0.15) is 33.8 Å². The van der Waals surface area contributed by atoms with Crippen LogP contribution < -0.4 is 11.5 Å². The van der Waals surface area contributed by atoms with Crippen LogP contribution in [0.2, 0.25) is 0 Å². The Bertz CT molecular complexity index is 791. The van der Waals surface area contributed by atoms with E-state index in [-0.39, 0.29) is 17.7 Å². The largest absolute Gasteiger partial charge is 0.397 e. The number of nitrogen functional groups attached to an aromatic ring is 1. The molecule has 0 bridgehead atoms. The Morgan fingerprint density at radius 1 is 1.30 bits per heavy atom. The number of anilines is 1. The van der Waals surface area contributed by atoms with E-state index in [4.69, 9.17) is 11.5 Å². The normalized spacial score (nSPS) is 16.0. The maximum absolute atomic E-state index is 12.8. The average molecular weight is 332 g/mol. The molecule has 0 unspecified atom stereocenters. The van der Waals surface area contributed by atoms with Gasteiger partial charge in [0.15, 0.2) is 0 Å². The Labute approximate surface area is 138 Å². The molecule has 0 radical (unpaired) electrons. The number of aryl methyl sites for hydroxylation is 2. The summed E-state index contributed by atoms with van der Waals surface area (Å²) in [5.41, 5.74) is 14.0. The van der Waals surface area contributed by atoms with Gasteiger partial charge in [-0.2, -0.15) is 0 Å². The molecule has 2 amide bonds. The van der Waals surface area contributed by atoms with E-state index in [9.17, 15) is 9.59 Å². The number of aromatic nitrogens is 1. The van der Waals surface area contributed by atoms with Gasteiger partial charge in [0.25, 0.3) is 5.91 Å². The van der Waals surface area contributed by atoms with E-state index in [1.165, 1.54) is 11.3 Å². The van der Waals surface area contributed by atoms with Gasteiger partial charge >= 0.3 is 0 Å². The molecule has 0 atom stereocenters. The van der Waals surface area contributed by atoms with Crippen LogP contribution >= 0.6 is 11.3 Å². The molecule has 1 saturated heterocycles. The van der Waals surface area contributed by atoms with Crippen LogP contribution in [0.4, 0.5) is 5.69 Å². The molecule has 0 aliphatic carbocycles. The molecule has 0 spiro atoms. The fraction of sp³-hybridized carbons (Fsp3) is 0.438. The lowest BCUT2D eigenvalue weighted by atomic mass is 9.96. The quantitative estimate of drug-likeness (QED) is 0.875. The molecule has 6 nitrogen and oxygen atoms in total. The molecule has 3 rings (SSSR count). The van der Waals surface area contributed by atoms with Gasteiger partial charge in [0.2, 0.25) is 5.91 Å². The second-order valence-corrected chi connectivity index (χ2v) is 7.07. The number of piperidine rings is 1. The second-order valence-electron chi connectivity index (χ2n) is 6.07. The number of rotatable bonds is 2. The van der Waals surface area contributed by atoms with E-state index in [0.29, 0.717) is 36.5 Å². The monoisotopic (exact) mass is 332 g/mol. The van der Waals surface area contributed by atoms with Gasteiger partial charge in [-0.05, 0) is 38.3 Å². The Hall–Kier alpha value is -2.15. The molecule has 2 aromatic heterocycles. The van der Waals surface area contributed by atoms with Gasteiger partial charge in [-0.3, -0.25) is 9.59 Å². The maximum Gasteiger partial charge on any atom is 0.266 e. The molecule has 122 valence electrons. The van der Waals surface area contributed by atoms with E-state index >= 15 is 0 Å². The predicted octanol–water partition coefficient (Wildman–Crippen LogP) is 1.83. The van der Waals surface area contributed by atoms with Crippen molar-refractivity contribution in [1.29, 1.82) is 0 Å². The molecule has 2 aromatic rings. The summed E-state index contributed by atoms with van der Waals surface area (Å²) in [5, 5.41) is 0.871. The minimum absolute atomic E-state index is 0.0783. The van der Waals surface area contributed by atoms with Crippen molar-refractivity contribution in [2.24, 2.45) is 11.7 Å². The number of fused-ring (bicyclic) bond motifs is 1. The number of thiophene rings is 1. The molecule has 23 heavy (non-hydrogen) atoms. The highest BCUT2D eigenvalue weighted by molar-refractivity contribution is 7.21. The smallest absolute Gasteiger partial charge is 0.266 e. The number of amides is 2. The van der Waals surface area contributed by atoms with Crippen molar-refractivity contribution in [3.05, 3.63) is 22.2 Å². The molecule has 1 aliphatic heterocycles. The zero-order valence-electron chi connectivity index (χ0n) is 13.3. The maximum atomic E-state index is 12.8. The first-order valence-electron chi connectivity index (χ1n) is 7.63. The number of nitrogens with zero attached hydrogens (tertiary/aromatic N) is 2. The van der Waals surface area contributed by atoms with E-state index in [1.54, 1.807) is 4.90 Å². The third-order valence-corrected chi connectivity index (χ3v) is 5.49. The van der Waals surface area contributed by atoms with Crippen LogP contribution in [0.3, 0.4) is 0 Å². The number of carbonyl (C=O) groups is 2. The average Bonchev–Trinajstić information content (AvgIpc) is 2.83. The third-order valence-electron chi connectivity index (χ3n) is 4.40. The molecular weight excluding hydrogens is 312 g/mol. The number of nitrogens with two attached hydrogens (primary N) is 2. The van der Waals surface area contributed by atoms with Gasteiger partial charge in [0.05, 0.1) is 5.69 Å². The molecule has 1 aliphatic rings. The van der Waals surface area contributed by atoms with Gasteiger partial charge in [0.1, 0.15) is 9.71 Å². The van der Waals surface area contributed by atoms with Crippen molar-refractivity contribution < 1.29 is 9.59 Å². The fourth-order valence-corrected chi connectivity index (χ4v) is 4.32. The summed E-state index contributed by atoms with van der Waals surface area (Å²) in [5.74, 6) is -0.496. The Kier molecular flexibility index (Phi) is 3.97. The molecule has 0 aromatic carbocycles. The first-order chi connectivity index (χ1) is 10.9. The molecule has 0 saturated carbocycles. The van der Waals surface area contributed by atoms with Crippen LogP contribution in [0.15, 0.2) is 6.07 Å². The minimum atomic E-state index is -0.284. The summed E-state index contributed by atoms with van der Waals surface area (Å²) in [4.78, 5) is 31.6. The van der Waals surface area contributed by atoms with Gasteiger partial charge in [-0.15, -0.1) is 11.3 Å². The highest BCUT2D eigenvalue weighted by Gasteiger charge is 2.29. The van der Waals surface area contributed by atoms with Crippen LogP contribution in [-0.2, 0) is 4.79 Å². The van der Waals surface area contributed by atoms with Crippen molar-refractivity contribution >= 4 is 39.1 Å². The van der Waals surface area contributed by atoms with Gasteiger partial charge in [-0.25, -0.2) is 4.98 Å². The topological polar surface area (TPSA) is 102 Å². The minimum Gasteiger partial charge on any atom is -0.397 e. The zero-order chi connectivity index (χ0) is 16.7. The molecule has 7 heteroatoms. The molecule has 3 heterocycles. The van der Waals surface area contributed by atoms with Gasteiger partial charge in [-0.1, -0.05) is 0 Å². The van der Waals surface area contributed by atoms with Crippen molar-refractivity contribution in [3.63, 3.8) is 0 Å². The highest BCUT2D eigenvalue weighted by Crippen LogP contribution is 2.36. The third kappa shape index (κ3) is 2.76. The molecule has 1 fully saturated rings. The zero-order valence-corrected chi connectivity index (χ0v) is 14.1. The van der Waals surface area contributed by atoms with E-state index in [1.807, 2.05) is 19.9 Å². The summed E-state index contributed by atoms with van der Waals surface area (Å²) >= 11 is 1.34. The Balaban J connectivity index is 1.89. The summed E-state index contributed by atoms with van der Waals surface area (Å²) in [7, 11) is 0. The number of carbonyl (C=O) groups excluding carboxylic acids is 2. The van der Waals surface area contributed by atoms with Crippen molar-refractivity contribution in [3.8, 4) is 0 Å². The number of likely N-dealkylation sites (tertiary alicyclic amines) is 1. The Morgan fingerprint density at radius 2 is 1.96 bits per heavy atom. The van der Waals surface area contributed by atoms with Crippen LogP contribution in [-0.4, -0.2) is 34.8 Å². The first kappa shape index (κ1) is 15.7. The number of primary amides is 1. The van der Waals surface area contributed by atoms with E-state index < -0.39 is 0 Å². The van der Waals surface area contributed by atoms with E-state index in [0.717, 1.165) is 21.5 Å². The van der Waals surface area contributed by atoms with Gasteiger partial charge < -0.3 is 16.4 Å². The second kappa shape index (κ2) is 5.81. The van der Waals surface area contributed by atoms with Crippen molar-refractivity contribution in [2.45, 2.75) is 26.7 Å². The number of pyridine rings is 1. The fourth-order valence-electron chi connectivity index (χ4n) is 3.14. The van der Waals surface area contributed by atoms with E-state index in [2.05, 4.69) is 4.98 Å². The first-order valence-corrected chi connectivity index (χ1v) is 8.45. The molecular formula is C16H20N4O2S. The van der Waals surface area contributed by atoms with Gasteiger partial charge in [0, 0.05) is 30.1 Å². The lowest BCUT2D eigenvalue weighted by Gasteiger charge is -2.30. The summed E-state index contributed by atoms with van der Waals surface area (Å²) in [6.07, 6.45) is 1.23. The van der Waals surface area contributed by atoms with Crippen LogP contribution in [0.5, 0.6) is 0 Å². The predicted molar refractivity (Wildman–Crippen MR) is 91.3 cm³/mol. The van der Waals surface area contributed by atoms with Crippen LogP contribution in [0.25, 0.3) is 10.2 Å². The lowest BCUT2D eigenvalue weighted by Crippen LogP contribution is -2.41. The molecule has 4 N–H and O–H groups in total. The lowest BCUT2D eigenvalue weighted by molar-refractivity contribution is -0.123. The van der Waals surface area contributed by atoms with Crippen LogP contribution in [0, 0.1) is 19.8 Å². The number of hydrogen-bond donors (Lipinski definition) is 2. The highest BCUT2D eigenvalue weighted by atomic mass is 32.1. The number of hydrogen-bond acceptors (Lipinski definition) is 5.